The van der Waals surface area contributed by atoms with E-state index in [-0.39, 0.29) is 22.3 Å². The van der Waals surface area contributed by atoms with E-state index in [9.17, 15) is 9.59 Å². The number of hydrogen-bond donors (Lipinski definition) is 0. The highest BCUT2D eigenvalue weighted by molar-refractivity contribution is 7.20. The molecular weight excluding hydrogens is 370 g/mol. The van der Waals surface area contributed by atoms with Crippen LogP contribution in [0.4, 0.5) is 0 Å². The average Bonchev–Trinajstić information content (AvgIpc) is 3.07. The maximum Gasteiger partial charge on any atom is 0.264 e. The number of amides is 1. The summed E-state index contributed by atoms with van der Waals surface area (Å²) in [4.78, 5) is 34.4. The number of hydrogen-bond acceptors (Lipinski definition) is 4. The van der Waals surface area contributed by atoms with Crippen molar-refractivity contribution in [3.8, 4) is 0 Å². The number of carbonyl (C=O) groups is 1. The molecule has 1 saturated carbocycles. The van der Waals surface area contributed by atoms with Gasteiger partial charge in [-0.2, -0.15) is 0 Å². The number of nitrogens with zero attached hydrogens (tertiary/aromatic N) is 3. The topological polar surface area (TPSA) is 55.2 Å². The minimum atomic E-state index is -0.0143. The Morgan fingerprint density at radius 3 is 2.79 bits per heavy atom. The van der Waals surface area contributed by atoms with E-state index in [0.29, 0.717) is 27.7 Å². The third kappa shape index (κ3) is 3.19. The Hall–Kier alpha value is -1.69. The van der Waals surface area contributed by atoms with Gasteiger partial charge in [-0.3, -0.25) is 14.2 Å². The van der Waals surface area contributed by atoms with Gasteiger partial charge in [0, 0.05) is 19.1 Å². The van der Waals surface area contributed by atoms with Crippen molar-refractivity contribution in [2.24, 2.45) is 10.8 Å². The van der Waals surface area contributed by atoms with Crippen LogP contribution in [0.5, 0.6) is 0 Å². The Kier molecular flexibility index (Phi) is 4.68. The molecule has 28 heavy (non-hydrogen) atoms. The number of fused-ring (bicyclic) bond motifs is 3. The molecule has 6 heteroatoms. The zero-order valence-corrected chi connectivity index (χ0v) is 18.5. The number of aryl methyl sites for hydroxylation is 2. The van der Waals surface area contributed by atoms with Gasteiger partial charge in [0.05, 0.1) is 16.6 Å². The van der Waals surface area contributed by atoms with Crippen LogP contribution in [0, 0.1) is 17.8 Å². The summed E-state index contributed by atoms with van der Waals surface area (Å²) in [5.41, 5.74) is 1.27. The first-order valence-electron chi connectivity index (χ1n) is 10.4. The van der Waals surface area contributed by atoms with Gasteiger partial charge in [0.1, 0.15) is 4.83 Å². The molecule has 2 atom stereocenters. The lowest BCUT2D eigenvalue weighted by Crippen LogP contribution is -2.37. The molecule has 1 saturated heterocycles. The van der Waals surface area contributed by atoms with E-state index in [1.165, 1.54) is 11.3 Å². The van der Waals surface area contributed by atoms with E-state index < -0.39 is 0 Å². The van der Waals surface area contributed by atoms with Crippen LogP contribution in [0.3, 0.4) is 0 Å². The third-order valence-electron chi connectivity index (χ3n) is 6.54. The molecule has 1 aliphatic heterocycles. The van der Waals surface area contributed by atoms with Gasteiger partial charge in [-0.1, -0.05) is 34.1 Å². The fraction of sp³-hybridized carbons (Fsp3) is 0.682. The minimum absolute atomic E-state index is 0.0143. The van der Waals surface area contributed by atoms with Gasteiger partial charge in [-0.05, 0) is 49.0 Å². The number of carbonyl (C=O) groups excluding carboxylic acids is 1. The van der Waals surface area contributed by atoms with E-state index in [4.69, 9.17) is 0 Å². The SMILES string of the molecule is CCCCn1cnc2sc(C(=O)N3CC4(C)CC3CC(C)(C)C4)c(C)c2c1=O. The quantitative estimate of drug-likeness (QED) is 0.752. The van der Waals surface area contributed by atoms with Crippen molar-refractivity contribution in [3.63, 3.8) is 0 Å². The summed E-state index contributed by atoms with van der Waals surface area (Å²) in [5.74, 6) is 0.0893. The number of rotatable bonds is 4. The second-order valence-electron chi connectivity index (χ2n) is 9.98. The van der Waals surface area contributed by atoms with E-state index in [1.54, 1.807) is 10.9 Å². The molecule has 2 bridgehead atoms. The molecule has 2 aromatic heterocycles. The number of unbranched alkanes of at least 4 members (excludes halogenated alkanes) is 1. The summed E-state index contributed by atoms with van der Waals surface area (Å²) >= 11 is 1.38. The van der Waals surface area contributed by atoms with Crippen molar-refractivity contribution in [2.45, 2.75) is 79.3 Å². The predicted octanol–water partition coefficient (Wildman–Crippen LogP) is 4.61. The largest absolute Gasteiger partial charge is 0.334 e. The first-order chi connectivity index (χ1) is 13.1. The summed E-state index contributed by atoms with van der Waals surface area (Å²) in [5, 5.41) is 0.626. The van der Waals surface area contributed by atoms with Crippen LogP contribution in [0.2, 0.25) is 0 Å². The monoisotopic (exact) mass is 401 g/mol. The van der Waals surface area contributed by atoms with Crippen LogP contribution < -0.4 is 5.56 Å². The van der Waals surface area contributed by atoms with Gasteiger partial charge in [0.15, 0.2) is 0 Å². The Balaban J connectivity index is 1.70. The maximum absolute atomic E-state index is 13.5. The van der Waals surface area contributed by atoms with Crippen molar-refractivity contribution in [1.82, 2.24) is 14.5 Å². The fourth-order valence-electron chi connectivity index (χ4n) is 5.68. The molecule has 2 aromatic rings. The van der Waals surface area contributed by atoms with Crippen LogP contribution in [0.15, 0.2) is 11.1 Å². The molecule has 0 aromatic carbocycles. The molecule has 1 amide bonds. The van der Waals surface area contributed by atoms with Gasteiger partial charge < -0.3 is 4.90 Å². The molecule has 1 aliphatic carbocycles. The summed E-state index contributed by atoms with van der Waals surface area (Å²) in [6, 6.07) is 0.306. The Morgan fingerprint density at radius 2 is 2.07 bits per heavy atom. The highest BCUT2D eigenvalue weighted by Gasteiger charge is 2.51. The Bertz CT molecular complexity index is 990. The normalized spacial score (nSPS) is 26.2. The molecule has 2 aliphatic rings. The number of aromatic nitrogens is 2. The number of thiophene rings is 1. The van der Waals surface area contributed by atoms with Gasteiger partial charge in [-0.25, -0.2) is 4.98 Å². The molecular formula is C22H31N3O2S. The van der Waals surface area contributed by atoms with Crippen LogP contribution in [0.1, 0.15) is 75.0 Å². The molecule has 2 unspecified atom stereocenters. The van der Waals surface area contributed by atoms with Crippen LogP contribution >= 0.6 is 11.3 Å². The second kappa shape index (κ2) is 6.68. The highest BCUT2D eigenvalue weighted by atomic mass is 32.1. The molecule has 0 spiro atoms. The third-order valence-corrected chi connectivity index (χ3v) is 7.73. The molecule has 5 nitrogen and oxygen atoms in total. The average molecular weight is 402 g/mol. The zero-order valence-electron chi connectivity index (χ0n) is 17.7. The Labute approximate surface area is 170 Å². The molecule has 0 radical (unpaired) electrons. The highest BCUT2D eigenvalue weighted by Crippen LogP contribution is 2.53. The van der Waals surface area contributed by atoms with Gasteiger partial charge in [0.25, 0.3) is 11.5 Å². The molecule has 2 fully saturated rings. The first-order valence-corrected chi connectivity index (χ1v) is 11.3. The van der Waals surface area contributed by atoms with E-state index >= 15 is 0 Å². The molecule has 152 valence electrons. The first kappa shape index (κ1) is 19.6. The van der Waals surface area contributed by atoms with E-state index in [0.717, 1.165) is 44.2 Å². The van der Waals surface area contributed by atoms with Crippen molar-refractivity contribution in [3.05, 3.63) is 27.1 Å². The van der Waals surface area contributed by atoms with Crippen molar-refractivity contribution in [2.75, 3.05) is 6.54 Å². The van der Waals surface area contributed by atoms with E-state index in [1.807, 2.05) is 6.92 Å². The molecule has 0 N–H and O–H groups in total. The van der Waals surface area contributed by atoms with Gasteiger partial charge in [0.2, 0.25) is 0 Å². The fourth-order valence-corrected chi connectivity index (χ4v) is 6.77. The van der Waals surface area contributed by atoms with Crippen molar-refractivity contribution < 1.29 is 4.79 Å². The van der Waals surface area contributed by atoms with Crippen LogP contribution in [-0.2, 0) is 6.54 Å². The van der Waals surface area contributed by atoms with Crippen LogP contribution in [-0.4, -0.2) is 32.9 Å². The lowest BCUT2D eigenvalue weighted by molar-refractivity contribution is 0.0712. The maximum atomic E-state index is 13.5. The summed E-state index contributed by atoms with van der Waals surface area (Å²) in [6.07, 6.45) is 6.93. The smallest absolute Gasteiger partial charge is 0.264 e. The predicted molar refractivity (Wildman–Crippen MR) is 114 cm³/mol. The standard InChI is InChI=1S/C22H31N3O2S/c1-6-7-8-24-13-23-18-16(19(24)26)14(2)17(28-18)20(27)25-12-22(5)10-15(25)9-21(3,4)11-22/h13,15H,6-12H2,1-5H3. The number of likely N-dealkylation sites (tertiary alicyclic amines) is 1. The zero-order chi connectivity index (χ0) is 20.3. The summed E-state index contributed by atoms with van der Waals surface area (Å²) in [6.45, 7) is 12.5. The van der Waals surface area contributed by atoms with Gasteiger partial charge in [-0.15, -0.1) is 11.3 Å². The van der Waals surface area contributed by atoms with Crippen molar-refractivity contribution >= 4 is 27.5 Å². The van der Waals surface area contributed by atoms with E-state index in [2.05, 4.69) is 37.6 Å². The molecule has 4 rings (SSSR count). The summed E-state index contributed by atoms with van der Waals surface area (Å²) in [7, 11) is 0. The molecule has 3 heterocycles. The summed E-state index contributed by atoms with van der Waals surface area (Å²) < 4.78 is 1.69. The second-order valence-corrected chi connectivity index (χ2v) is 11.0. The Morgan fingerprint density at radius 1 is 1.32 bits per heavy atom. The van der Waals surface area contributed by atoms with Crippen LogP contribution in [0.25, 0.3) is 10.2 Å². The lowest BCUT2D eigenvalue weighted by Gasteiger charge is -2.39. The van der Waals surface area contributed by atoms with Crippen molar-refractivity contribution in [1.29, 1.82) is 0 Å². The van der Waals surface area contributed by atoms with Gasteiger partial charge >= 0.3 is 0 Å². The lowest BCUT2D eigenvalue weighted by atomic mass is 9.65. The minimum Gasteiger partial charge on any atom is -0.334 e.